The van der Waals surface area contributed by atoms with Crippen LogP contribution in [0.3, 0.4) is 0 Å². The van der Waals surface area contributed by atoms with E-state index in [1.807, 2.05) is 19.0 Å². The van der Waals surface area contributed by atoms with Crippen molar-refractivity contribution >= 4 is 11.7 Å². The smallest absolute Gasteiger partial charge is 0.254 e. The van der Waals surface area contributed by atoms with E-state index in [4.69, 9.17) is 5.73 Å². The van der Waals surface area contributed by atoms with E-state index in [9.17, 15) is 4.79 Å². The number of nitrogens with zero attached hydrogens (tertiary/aromatic N) is 3. The normalized spacial score (nSPS) is 11.1. The van der Waals surface area contributed by atoms with Crippen LogP contribution in [0.4, 0.5) is 5.82 Å². The summed E-state index contributed by atoms with van der Waals surface area (Å²) in [6.45, 7) is 6.52. The number of carbonyl (C=O) groups is 1. The number of anilines is 1. The first-order valence-electron chi connectivity index (χ1n) is 6.55. The van der Waals surface area contributed by atoms with Crippen molar-refractivity contribution in [3.05, 3.63) is 23.9 Å². The van der Waals surface area contributed by atoms with Crippen molar-refractivity contribution in [3.8, 4) is 0 Å². The van der Waals surface area contributed by atoms with Crippen molar-refractivity contribution in [2.75, 3.05) is 39.5 Å². The van der Waals surface area contributed by atoms with Gasteiger partial charge in [-0.05, 0) is 32.1 Å². The summed E-state index contributed by atoms with van der Waals surface area (Å²) in [6, 6.07) is 3.34. The summed E-state index contributed by atoms with van der Waals surface area (Å²) in [4.78, 5) is 20.3. The molecule has 0 saturated carbocycles. The summed E-state index contributed by atoms with van der Waals surface area (Å²) in [5, 5.41) is 0. The molecule has 5 heteroatoms. The second-order valence-electron chi connectivity index (χ2n) is 5.42. The molecule has 0 fully saturated rings. The lowest BCUT2D eigenvalue weighted by Crippen LogP contribution is -2.39. The molecule has 1 aromatic heterocycles. The van der Waals surface area contributed by atoms with Crippen LogP contribution in [-0.4, -0.2) is 54.4 Å². The van der Waals surface area contributed by atoms with Crippen molar-refractivity contribution in [2.45, 2.75) is 13.8 Å². The summed E-state index contributed by atoms with van der Waals surface area (Å²) < 4.78 is 0. The molecule has 0 saturated heterocycles. The number of likely N-dealkylation sites (N-methyl/N-ethyl adjacent to an activating group) is 1. The molecule has 1 aromatic rings. The first-order valence-corrected chi connectivity index (χ1v) is 6.55. The Kier molecular flexibility index (Phi) is 5.76. The Labute approximate surface area is 115 Å². The van der Waals surface area contributed by atoms with Crippen molar-refractivity contribution in [1.29, 1.82) is 0 Å². The minimum atomic E-state index is 0.0182. The fraction of sp³-hybridized carbons (Fsp3) is 0.571. The minimum Gasteiger partial charge on any atom is -0.384 e. The van der Waals surface area contributed by atoms with Crippen LogP contribution in [0, 0.1) is 5.92 Å². The second kappa shape index (κ2) is 7.09. The van der Waals surface area contributed by atoms with Gasteiger partial charge in [0, 0.05) is 31.4 Å². The number of aromatic nitrogens is 1. The fourth-order valence-corrected chi connectivity index (χ4v) is 1.80. The summed E-state index contributed by atoms with van der Waals surface area (Å²) in [6.07, 6.45) is 1.57. The van der Waals surface area contributed by atoms with E-state index in [1.54, 1.807) is 18.3 Å². The largest absolute Gasteiger partial charge is 0.384 e. The lowest BCUT2D eigenvalue weighted by Gasteiger charge is -2.26. The van der Waals surface area contributed by atoms with Crippen LogP contribution in [0.5, 0.6) is 0 Å². The average molecular weight is 264 g/mol. The summed E-state index contributed by atoms with van der Waals surface area (Å²) in [5.74, 6) is 0.831. The molecule has 0 aromatic carbocycles. The van der Waals surface area contributed by atoms with Crippen LogP contribution < -0.4 is 5.73 Å². The first kappa shape index (κ1) is 15.4. The van der Waals surface area contributed by atoms with Crippen molar-refractivity contribution in [2.24, 2.45) is 5.92 Å². The summed E-state index contributed by atoms with van der Waals surface area (Å²) >= 11 is 0. The molecule has 0 spiro atoms. The SMILES string of the molecule is CC(C)CN(CCN(C)C)C(=O)c1ccnc(N)c1. The Balaban J connectivity index is 2.81. The van der Waals surface area contributed by atoms with E-state index >= 15 is 0 Å². The second-order valence-corrected chi connectivity index (χ2v) is 5.42. The monoisotopic (exact) mass is 264 g/mol. The van der Waals surface area contributed by atoms with Gasteiger partial charge < -0.3 is 15.5 Å². The van der Waals surface area contributed by atoms with Crippen molar-refractivity contribution in [3.63, 3.8) is 0 Å². The zero-order valence-electron chi connectivity index (χ0n) is 12.3. The molecule has 2 N–H and O–H groups in total. The molecule has 5 nitrogen and oxygen atoms in total. The van der Waals surface area contributed by atoms with Gasteiger partial charge in [-0.3, -0.25) is 4.79 Å². The number of hydrogen-bond donors (Lipinski definition) is 1. The molecule has 19 heavy (non-hydrogen) atoms. The predicted octanol–water partition coefficient (Wildman–Crippen LogP) is 1.32. The van der Waals surface area contributed by atoms with Crippen LogP contribution in [0.1, 0.15) is 24.2 Å². The molecule has 1 rings (SSSR count). The number of nitrogen functional groups attached to an aromatic ring is 1. The van der Waals surface area contributed by atoms with Gasteiger partial charge in [0.15, 0.2) is 0 Å². The maximum Gasteiger partial charge on any atom is 0.254 e. The highest BCUT2D eigenvalue weighted by Gasteiger charge is 2.17. The third-order valence-corrected chi connectivity index (χ3v) is 2.72. The van der Waals surface area contributed by atoms with Gasteiger partial charge in [0.05, 0.1) is 0 Å². The Bertz CT molecular complexity index is 418. The minimum absolute atomic E-state index is 0.0182. The molecule has 0 bridgehead atoms. The first-order chi connectivity index (χ1) is 8.90. The quantitative estimate of drug-likeness (QED) is 0.842. The highest BCUT2D eigenvalue weighted by Crippen LogP contribution is 2.09. The molecular weight excluding hydrogens is 240 g/mol. The molecule has 0 aliphatic rings. The summed E-state index contributed by atoms with van der Waals surface area (Å²) in [5.41, 5.74) is 6.23. The Morgan fingerprint density at radius 3 is 2.58 bits per heavy atom. The molecule has 0 unspecified atom stereocenters. The van der Waals surface area contributed by atoms with Gasteiger partial charge >= 0.3 is 0 Å². The van der Waals surface area contributed by atoms with Crippen LogP contribution in [0.15, 0.2) is 18.3 Å². The van der Waals surface area contributed by atoms with Crippen molar-refractivity contribution < 1.29 is 4.79 Å². The molecule has 1 amide bonds. The number of rotatable bonds is 6. The maximum absolute atomic E-state index is 12.5. The average Bonchev–Trinajstić information content (AvgIpc) is 2.33. The fourth-order valence-electron chi connectivity index (χ4n) is 1.80. The maximum atomic E-state index is 12.5. The van der Waals surface area contributed by atoms with Crippen LogP contribution in [0.2, 0.25) is 0 Å². The lowest BCUT2D eigenvalue weighted by molar-refractivity contribution is 0.0724. The zero-order valence-corrected chi connectivity index (χ0v) is 12.3. The zero-order chi connectivity index (χ0) is 14.4. The van der Waals surface area contributed by atoms with Crippen LogP contribution in [-0.2, 0) is 0 Å². The van der Waals surface area contributed by atoms with Gasteiger partial charge in [-0.25, -0.2) is 4.98 Å². The van der Waals surface area contributed by atoms with E-state index in [-0.39, 0.29) is 5.91 Å². The van der Waals surface area contributed by atoms with E-state index < -0.39 is 0 Å². The molecule has 0 aliphatic heterocycles. The van der Waals surface area contributed by atoms with Gasteiger partial charge in [-0.1, -0.05) is 13.8 Å². The van der Waals surface area contributed by atoms with Gasteiger partial charge in [0.25, 0.3) is 5.91 Å². The molecule has 106 valence electrons. The Morgan fingerprint density at radius 1 is 1.37 bits per heavy atom. The van der Waals surface area contributed by atoms with E-state index in [0.717, 1.165) is 13.1 Å². The standard InChI is InChI=1S/C14H24N4O/c1-11(2)10-18(8-7-17(3)4)14(19)12-5-6-16-13(15)9-12/h5-6,9,11H,7-8,10H2,1-4H3,(H2,15,16). The van der Waals surface area contributed by atoms with E-state index in [1.165, 1.54) is 0 Å². The summed E-state index contributed by atoms with van der Waals surface area (Å²) in [7, 11) is 4.00. The highest BCUT2D eigenvalue weighted by atomic mass is 16.2. The predicted molar refractivity (Wildman–Crippen MR) is 77.9 cm³/mol. The van der Waals surface area contributed by atoms with E-state index in [0.29, 0.717) is 23.8 Å². The Hall–Kier alpha value is -1.62. The molecule has 0 radical (unpaired) electrons. The highest BCUT2D eigenvalue weighted by molar-refractivity contribution is 5.94. The van der Waals surface area contributed by atoms with Crippen LogP contribution >= 0.6 is 0 Å². The van der Waals surface area contributed by atoms with Crippen molar-refractivity contribution in [1.82, 2.24) is 14.8 Å². The number of amides is 1. The number of nitrogens with two attached hydrogens (primary N) is 1. The Morgan fingerprint density at radius 2 is 2.05 bits per heavy atom. The van der Waals surface area contributed by atoms with Gasteiger partial charge in [-0.15, -0.1) is 0 Å². The molecular formula is C14H24N4O. The lowest BCUT2D eigenvalue weighted by atomic mass is 10.1. The third kappa shape index (κ3) is 5.26. The topological polar surface area (TPSA) is 62.5 Å². The van der Waals surface area contributed by atoms with Gasteiger partial charge in [0.2, 0.25) is 0 Å². The number of pyridine rings is 1. The number of carbonyl (C=O) groups excluding carboxylic acids is 1. The number of hydrogen-bond acceptors (Lipinski definition) is 4. The van der Waals surface area contributed by atoms with Crippen LogP contribution in [0.25, 0.3) is 0 Å². The molecule has 0 atom stereocenters. The third-order valence-electron chi connectivity index (χ3n) is 2.72. The van der Waals surface area contributed by atoms with Gasteiger partial charge in [-0.2, -0.15) is 0 Å². The molecule has 1 heterocycles. The molecule has 0 aliphatic carbocycles. The van der Waals surface area contributed by atoms with E-state index in [2.05, 4.69) is 23.7 Å². The van der Waals surface area contributed by atoms with Gasteiger partial charge in [0.1, 0.15) is 5.82 Å².